The lowest BCUT2D eigenvalue weighted by Crippen LogP contribution is -2.40. The molecule has 1 aromatic carbocycles. The van der Waals surface area contributed by atoms with Gasteiger partial charge in [0.2, 0.25) is 0 Å². The van der Waals surface area contributed by atoms with Crippen molar-refractivity contribution in [3.05, 3.63) is 59.8 Å². The number of hydrogen-bond donors (Lipinski definition) is 3. The summed E-state index contributed by atoms with van der Waals surface area (Å²) in [5.41, 5.74) is 0.442. The SMILES string of the molecule is CN=C(NCCNc1ncccc1C(F)(F)F)NCCc1ccccc1. The van der Waals surface area contributed by atoms with Crippen LogP contribution in [0.4, 0.5) is 19.0 Å². The van der Waals surface area contributed by atoms with E-state index in [4.69, 9.17) is 0 Å². The fraction of sp³-hybridized carbons (Fsp3) is 0.333. The van der Waals surface area contributed by atoms with Crippen LogP contribution < -0.4 is 16.0 Å². The number of guanidine groups is 1. The van der Waals surface area contributed by atoms with Gasteiger partial charge in [-0.25, -0.2) is 4.98 Å². The second kappa shape index (κ2) is 9.65. The van der Waals surface area contributed by atoms with Crippen molar-refractivity contribution in [1.82, 2.24) is 15.6 Å². The van der Waals surface area contributed by atoms with E-state index < -0.39 is 11.7 Å². The van der Waals surface area contributed by atoms with Gasteiger partial charge in [-0.05, 0) is 24.1 Å². The molecule has 0 unspecified atom stereocenters. The molecule has 0 aliphatic carbocycles. The number of nitrogens with zero attached hydrogens (tertiary/aromatic N) is 2. The maximum Gasteiger partial charge on any atom is 0.419 e. The van der Waals surface area contributed by atoms with Crippen LogP contribution in [0, 0.1) is 0 Å². The molecule has 0 saturated heterocycles. The monoisotopic (exact) mass is 365 g/mol. The molecule has 1 heterocycles. The Morgan fingerprint density at radius 1 is 1.00 bits per heavy atom. The van der Waals surface area contributed by atoms with Gasteiger partial charge in [-0.3, -0.25) is 4.99 Å². The minimum absolute atomic E-state index is 0.172. The third-order valence-corrected chi connectivity index (χ3v) is 3.60. The van der Waals surface area contributed by atoms with Crippen molar-refractivity contribution in [3.8, 4) is 0 Å². The molecule has 3 N–H and O–H groups in total. The van der Waals surface area contributed by atoms with E-state index in [0.717, 1.165) is 12.5 Å². The molecular formula is C18H22F3N5. The quantitative estimate of drug-likeness (QED) is 0.401. The maximum atomic E-state index is 12.9. The molecule has 140 valence electrons. The molecule has 0 spiro atoms. The van der Waals surface area contributed by atoms with E-state index in [2.05, 4.69) is 25.9 Å². The van der Waals surface area contributed by atoms with E-state index in [1.54, 1.807) is 7.05 Å². The van der Waals surface area contributed by atoms with E-state index in [0.29, 0.717) is 19.0 Å². The van der Waals surface area contributed by atoms with Crippen LogP contribution in [0.25, 0.3) is 0 Å². The lowest BCUT2D eigenvalue weighted by Gasteiger charge is -2.15. The first kappa shape index (κ1) is 19.6. The van der Waals surface area contributed by atoms with Crippen LogP contribution in [0.5, 0.6) is 0 Å². The summed E-state index contributed by atoms with van der Waals surface area (Å²) in [6, 6.07) is 12.3. The summed E-state index contributed by atoms with van der Waals surface area (Å²) in [6.07, 6.45) is -2.25. The summed E-state index contributed by atoms with van der Waals surface area (Å²) in [5, 5.41) is 8.92. The fourth-order valence-corrected chi connectivity index (χ4v) is 2.33. The van der Waals surface area contributed by atoms with Gasteiger partial charge in [0.15, 0.2) is 5.96 Å². The van der Waals surface area contributed by atoms with Crippen LogP contribution in [-0.2, 0) is 12.6 Å². The Morgan fingerprint density at radius 2 is 1.73 bits per heavy atom. The third-order valence-electron chi connectivity index (χ3n) is 3.60. The van der Waals surface area contributed by atoms with Gasteiger partial charge in [0.25, 0.3) is 0 Å². The molecule has 0 saturated carbocycles. The second-order valence-electron chi connectivity index (χ2n) is 5.49. The molecule has 26 heavy (non-hydrogen) atoms. The zero-order chi connectivity index (χ0) is 18.8. The lowest BCUT2D eigenvalue weighted by molar-refractivity contribution is -0.137. The minimum atomic E-state index is -4.43. The van der Waals surface area contributed by atoms with Gasteiger partial charge >= 0.3 is 6.18 Å². The van der Waals surface area contributed by atoms with Crippen LogP contribution in [0.15, 0.2) is 53.7 Å². The topological polar surface area (TPSA) is 61.3 Å². The second-order valence-corrected chi connectivity index (χ2v) is 5.49. The lowest BCUT2D eigenvalue weighted by atomic mass is 10.1. The molecule has 2 aromatic rings. The van der Waals surface area contributed by atoms with Crippen molar-refractivity contribution in [2.45, 2.75) is 12.6 Å². The molecular weight excluding hydrogens is 343 g/mol. The summed E-state index contributed by atoms with van der Waals surface area (Å²) < 4.78 is 38.7. The zero-order valence-electron chi connectivity index (χ0n) is 14.5. The predicted molar refractivity (Wildman–Crippen MR) is 97.2 cm³/mol. The van der Waals surface area contributed by atoms with E-state index in [1.165, 1.54) is 17.8 Å². The molecule has 2 rings (SSSR count). The van der Waals surface area contributed by atoms with Gasteiger partial charge in [-0.1, -0.05) is 30.3 Å². The molecule has 0 amide bonds. The van der Waals surface area contributed by atoms with Crippen molar-refractivity contribution >= 4 is 11.8 Å². The van der Waals surface area contributed by atoms with Gasteiger partial charge in [0.05, 0.1) is 5.56 Å². The Hall–Kier alpha value is -2.77. The largest absolute Gasteiger partial charge is 0.419 e. The first-order valence-corrected chi connectivity index (χ1v) is 8.25. The number of pyridine rings is 1. The van der Waals surface area contributed by atoms with Crippen LogP contribution >= 0.6 is 0 Å². The molecule has 0 aliphatic rings. The molecule has 0 atom stereocenters. The van der Waals surface area contributed by atoms with Crippen molar-refractivity contribution in [2.24, 2.45) is 4.99 Å². The molecule has 5 nitrogen and oxygen atoms in total. The van der Waals surface area contributed by atoms with Gasteiger partial charge in [-0.15, -0.1) is 0 Å². The summed E-state index contributed by atoms with van der Waals surface area (Å²) in [5.74, 6) is 0.425. The molecule has 1 aromatic heterocycles. The average molecular weight is 365 g/mol. The molecule has 0 aliphatic heterocycles. The molecule has 8 heteroatoms. The summed E-state index contributed by atoms with van der Waals surface area (Å²) in [7, 11) is 1.64. The first-order chi connectivity index (χ1) is 12.5. The molecule has 0 fully saturated rings. The summed E-state index contributed by atoms with van der Waals surface area (Å²) >= 11 is 0. The van der Waals surface area contributed by atoms with Crippen molar-refractivity contribution < 1.29 is 13.2 Å². The number of alkyl halides is 3. The van der Waals surface area contributed by atoms with E-state index >= 15 is 0 Å². The maximum absolute atomic E-state index is 12.9. The van der Waals surface area contributed by atoms with Gasteiger partial charge in [0.1, 0.15) is 5.82 Å². The third kappa shape index (κ3) is 6.27. The Morgan fingerprint density at radius 3 is 2.42 bits per heavy atom. The van der Waals surface area contributed by atoms with Crippen molar-refractivity contribution in [2.75, 3.05) is 32.0 Å². The van der Waals surface area contributed by atoms with Crippen molar-refractivity contribution in [1.29, 1.82) is 0 Å². The zero-order valence-corrected chi connectivity index (χ0v) is 14.5. The predicted octanol–water partition coefficient (Wildman–Crippen LogP) is 2.92. The number of aliphatic imine (C=N–C) groups is 1. The Kier molecular flexibility index (Phi) is 7.25. The van der Waals surface area contributed by atoms with Crippen molar-refractivity contribution in [3.63, 3.8) is 0 Å². The fourth-order valence-electron chi connectivity index (χ4n) is 2.33. The van der Waals surface area contributed by atoms with Crippen LogP contribution in [-0.4, -0.2) is 37.6 Å². The van der Waals surface area contributed by atoms with E-state index in [-0.39, 0.29) is 12.4 Å². The number of rotatable bonds is 7. The smallest absolute Gasteiger partial charge is 0.368 e. The highest BCUT2D eigenvalue weighted by Crippen LogP contribution is 2.33. The number of halogens is 3. The highest BCUT2D eigenvalue weighted by molar-refractivity contribution is 5.79. The van der Waals surface area contributed by atoms with Gasteiger partial charge in [-0.2, -0.15) is 13.2 Å². The number of anilines is 1. The van der Waals surface area contributed by atoms with E-state index in [1.807, 2.05) is 30.3 Å². The number of benzene rings is 1. The first-order valence-electron chi connectivity index (χ1n) is 8.25. The summed E-state index contributed by atoms with van der Waals surface area (Å²) in [4.78, 5) is 7.85. The van der Waals surface area contributed by atoms with Gasteiger partial charge < -0.3 is 16.0 Å². The minimum Gasteiger partial charge on any atom is -0.368 e. The number of hydrogen-bond acceptors (Lipinski definition) is 3. The van der Waals surface area contributed by atoms with E-state index in [9.17, 15) is 13.2 Å². The molecule has 0 radical (unpaired) electrons. The van der Waals surface area contributed by atoms with Crippen LogP contribution in [0.2, 0.25) is 0 Å². The summed E-state index contributed by atoms with van der Waals surface area (Å²) in [6.45, 7) is 1.38. The van der Waals surface area contributed by atoms with Gasteiger partial charge in [0, 0.05) is 32.9 Å². The standard InChI is InChI=1S/C18H22F3N5/c1-22-17(25-11-9-14-6-3-2-4-7-14)26-13-12-24-16-15(18(19,20)21)8-5-10-23-16/h2-8,10H,9,11-13H2,1H3,(H,23,24)(H2,22,25,26). The average Bonchev–Trinajstić information content (AvgIpc) is 2.64. The number of nitrogens with one attached hydrogen (secondary N) is 3. The highest BCUT2D eigenvalue weighted by atomic mass is 19.4. The van der Waals surface area contributed by atoms with Crippen LogP contribution in [0.3, 0.4) is 0 Å². The Labute approximate surface area is 150 Å². The van der Waals surface area contributed by atoms with Crippen LogP contribution in [0.1, 0.15) is 11.1 Å². The Balaban J connectivity index is 1.73. The highest BCUT2D eigenvalue weighted by Gasteiger charge is 2.33. The molecule has 0 bridgehead atoms. The Bertz CT molecular complexity index is 701. The normalized spacial score (nSPS) is 11.9. The number of aromatic nitrogens is 1.